The van der Waals surface area contributed by atoms with Crippen molar-refractivity contribution in [1.82, 2.24) is 4.48 Å². The van der Waals surface area contributed by atoms with E-state index in [1.165, 1.54) is 0 Å². The Kier molecular flexibility index (Phi) is 3.78. The molecule has 0 bridgehead atoms. The summed E-state index contributed by atoms with van der Waals surface area (Å²) in [5.74, 6) is 0.763. The van der Waals surface area contributed by atoms with Gasteiger partial charge >= 0.3 is 14.2 Å². The van der Waals surface area contributed by atoms with Crippen LogP contribution in [0.3, 0.4) is 0 Å². The Morgan fingerprint density at radius 3 is 2.30 bits per heavy atom. The number of hydrogen-bond acceptors (Lipinski definition) is 4. The molecular formula is C16H23B2NO4. The minimum absolute atomic E-state index is 0.407. The summed E-state index contributed by atoms with van der Waals surface area (Å²) < 4.78 is 19.5. The van der Waals surface area contributed by atoms with Crippen LogP contribution in [0.25, 0.3) is 10.9 Å². The molecule has 1 N–H and O–H groups in total. The number of aromatic nitrogens is 1. The van der Waals surface area contributed by atoms with E-state index in [1.54, 1.807) is 13.9 Å². The van der Waals surface area contributed by atoms with Crippen molar-refractivity contribution in [2.45, 2.75) is 45.7 Å². The Bertz CT molecular complexity index is 723. The lowest BCUT2D eigenvalue weighted by molar-refractivity contribution is 0.00578. The summed E-state index contributed by atoms with van der Waals surface area (Å²) in [5, 5.41) is 11.0. The topological polar surface area (TPSA) is 52.9 Å². The first-order valence-corrected chi connectivity index (χ1v) is 7.88. The Labute approximate surface area is 137 Å². The van der Waals surface area contributed by atoms with Gasteiger partial charge in [0.2, 0.25) is 0 Å². The van der Waals surface area contributed by atoms with Crippen molar-refractivity contribution in [3.8, 4) is 5.75 Å². The van der Waals surface area contributed by atoms with Gasteiger partial charge < -0.3 is 23.5 Å². The smallest absolute Gasteiger partial charge is 0.497 e. The maximum Gasteiger partial charge on any atom is 0.497 e. The lowest BCUT2D eigenvalue weighted by Gasteiger charge is -2.32. The summed E-state index contributed by atoms with van der Waals surface area (Å²) in [7, 11) is 0.526. The molecule has 0 amide bonds. The standard InChI is InChI=1S/C16H23B2NO4/c1-15(2)16(3,4)23-18(22-15)13-10-19(17(5)20)14-8-7-11(21-6)9-12(13)14/h7-10,20H,1-6H3. The summed E-state index contributed by atoms with van der Waals surface area (Å²) in [6, 6.07) is 5.78. The Morgan fingerprint density at radius 1 is 1.17 bits per heavy atom. The number of benzene rings is 1. The molecule has 1 aliphatic heterocycles. The first kappa shape index (κ1) is 16.4. The average molecular weight is 315 g/mol. The fourth-order valence-corrected chi connectivity index (χ4v) is 2.85. The molecule has 7 heteroatoms. The maximum absolute atomic E-state index is 10.1. The lowest BCUT2D eigenvalue weighted by Crippen LogP contribution is -2.41. The molecule has 1 aliphatic rings. The molecule has 1 fully saturated rings. The van der Waals surface area contributed by atoms with Crippen LogP contribution in [0.1, 0.15) is 27.7 Å². The van der Waals surface area contributed by atoms with Gasteiger partial charge in [-0.1, -0.05) is 0 Å². The summed E-state index contributed by atoms with van der Waals surface area (Å²) in [6.45, 7) is 9.85. The molecule has 1 saturated heterocycles. The van der Waals surface area contributed by atoms with Crippen LogP contribution in [0.5, 0.6) is 5.75 Å². The summed E-state index contributed by atoms with van der Waals surface area (Å²) in [5.41, 5.74) is 1.01. The molecule has 0 atom stereocenters. The van der Waals surface area contributed by atoms with E-state index in [9.17, 15) is 5.02 Å². The normalized spacial score (nSPS) is 19.3. The van der Waals surface area contributed by atoms with Gasteiger partial charge in [-0.25, -0.2) is 0 Å². The van der Waals surface area contributed by atoms with Crippen LogP contribution in [0.15, 0.2) is 24.4 Å². The minimum Gasteiger partial charge on any atom is -0.497 e. The second-order valence-electron chi connectivity index (χ2n) is 7.09. The second-order valence-corrected chi connectivity index (χ2v) is 7.09. The van der Waals surface area contributed by atoms with Gasteiger partial charge in [0.25, 0.3) is 0 Å². The van der Waals surface area contributed by atoms with Crippen LogP contribution >= 0.6 is 0 Å². The second kappa shape index (κ2) is 5.30. The third kappa shape index (κ3) is 2.57. The van der Waals surface area contributed by atoms with E-state index in [1.807, 2.05) is 56.6 Å². The highest BCUT2D eigenvalue weighted by molar-refractivity contribution is 6.66. The Hall–Kier alpha value is -1.43. The molecule has 0 aliphatic carbocycles. The summed E-state index contributed by atoms with van der Waals surface area (Å²) in [4.78, 5) is 0. The first-order valence-electron chi connectivity index (χ1n) is 7.88. The first-order chi connectivity index (χ1) is 10.7. The van der Waals surface area contributed by atoms with Crippen molar-refractivity contribution < 1.29 is 19.1 Å². The van der Waals surface area contributed by atoms with E-state index >= 15 is 0 Å². The molecule has 0 radical (unpaired) electrons. The number of ether oxygens (including phenoxy) is 1. The van der Waals surface area contributed by atoms with Gasteiger partial charge in [0.15, 0.2) is 0 Å². The van der Waals surface area contributed by atoms with Gasteiger partial charge in [-0.15, -0.1) is 0 Å². The van der Waals surface area contributed by atoms with E-state index in [0.717, 1.165) is 22.1 Å². The number of rotatable bonds is 3. The quantitative estimate of drug-likeness (QED) is 0.879. The number of hydrogen-bond donors (Lipinski definition) is 1. The van der Waals surface area contributed by atoms with Crippen LogP contribution in [-0.4, -0.2) is 42.0 Å². The average Bonchev–Trinajstić information content (AvgIpc) is 2.93. The minimum atomic E-state index is -0.637. The third-order valence-corrected chi connectivity index (χ3v) is 4.98. The van der Waals surface area contributed by atoms with E-state index in [0.29, 0.717) is 0 Å². The molecule has 5 nitrogen and oxygen atoms in total. The van der Waals surface area contributed by atoms with Crippen LogP contribution < -0.4 is 10.2 Å². The molecule has 2 aromatic rings. The lowest BCUT2D eigenvalue weighted by atomic mass is 9.79. The van der Waals surface area contributed by atoms with Gasteiger partial charge in [0, 0.05) is 16.4 Å². The highest BCUT2D eigenvalue weighted by Gasteiger charge is 2.52. The highest BCUT2D eigenvalue weighted by atomic mass is 16.7. The van der Waals surface area contributed by atoms with Crippen molar-refractivity contribution in [1.29, 1.82) is 0 Å². The zero-order chi connectivity index (χ0) is 17.0. The van der Waals surface area contributed by atoms with Crippen molar-refractivity contribution >= 4 is 30.5 Å². The molecule has 2 heterocycles. The number of methoxy groups -OCH3 is 1. The number of fused-ring (bicyclic) bond motifs is 1. The molecular weight excluding hydrogens is 292 g/mol. The molecule has 0 unspecified atom stereocenters. The maximum atomic E-state index is 10.1. The van der Waals surface area contributed by atoms with Gasteiger partial charge in [-0.05, 0) is 58.9 Å². The SMILES string of the molecule is COc1ccc2c(c1)c(B1OC(C)(C)C(C)(C)O1)cn2B(C)O. The Balaban J connectivity index is 2.14. The van der Waals surface area contributed by atoms with Crippen molar-refractivity contribution in [2.75, 3.05) is 7.11 Å². The fourth-order valence-electron chi connectivity index (χ4n) is 2.85. The molecule has 122 valence electrons. The molecule has 1 aromatic carbocycles. The van der Waals surface area contributed by atoms with E-state index < -0.39 is 25.4 Å². The van der Waals surface area contributed by atoms with Crippen LogP contribution in [0.4, 0.5) is 0 Å². The van der Waals surface area contributed by atoms with Crippen molar-refractivity contribution in [2.24, 2.45) is 0 Å². The molecule has 23 heavy (non-hydrogen) atoms. The molecule has 3 rings (SSSR count). The number of nitrogens with zero attached hydrogens (tertiary/aromatic N) is 1. The monoisotopic (exact) mass is 315 g/mol. The van der Waals surface area contributed by atoms with E-state index in [4.69, 9.17) is 14.0 Å². The summed E-state index contributed by atoms with van der Waals surface area (Å²) >= 11 is 0. The van der Waals surface area contributed by atoms with Crippen LogP contribution in [0.2, 0.25) is 6.82 Å². The van der Waals surface area contributed by atoms with Crippen LogP contribution in [-0.2, 0) is 9.31 Å². The van der Waals surface area contributed by atoms with Gasteiger partial charge in [-0.2, -0.15) is 0 Å². The highest BCUT2D eigenvalue weighted by Crippen LogP contribution is 2.37. The van der Waals surface area contributed by atoms with E-state index in [-0.39, 0.29) is 0 Å². The largest absolute Gasteiger partial charge is 0.497 e. The van der Waals surface area contributed by atoms with Gasteiger partial charge in [-0.3, -0.25) is 0 Å². The van der Waals surface area contributed by atoms with Crippen molar-refractivity contribution in [3.63, 3.8) is 0 Å². The molecule has 1 aromatic heterocycles. The molecule has 0 spiro atoms. The van der Waals surface area contributed by atoms with Gasteiger partial charge in [0.05, 0.1) is 18.3 Å². The van der Waals surface area contributed by atoms with Crippen molar-refractivity contribution in [3.05, 3.63) is 24.4 Å². The zero-order valence-electron chi connectivity index (χ0n) is 14.6. The van der Waals surface area contributed by atoms with Crippen LogP contribution in [0, 0.1) is 0 Å². The summed E-state index contributed by atoms with van der Waals surface area (Å²) in [6.07, 6.45) is 1.90. The van der Waals surface area contributed by atoms with E-state index in [2.05, 4.69) is 0 Å². The zero-order valence-corrected chi connectivity index (χ0v) is 14.6. The Morgan fingerprint density at radius 2 is 1.78 bits per heavy atom. The molecule has 0 saturated carbocycles. The predicted molar refractivity (Wildman–Crippen MR) is 93.4 cm³/mol. The predicted octanol–water partition coefficient (Wildman–Crippen LogP) is 1.91. The fraction of sp³-hybridized carbons (Fsp3) is 0.500. The van der Waals surface area contributed by atoms with Gasteiger partial charge in [0.1, 0.15) is 5.75 Å². The third-order valence-electron chi connectivity index (χ3n) is 4.98.